The standard InChI is InChI=1S/C30H35ClN2O4/c1-4-18-32-30(35)26(19-22-8-6-5-7-9-22)33(21-24-10-14-25(31)15-11-24)29(34)17-13-23-12-16-27(36-2)28(20-23)37-3/h5-12,14-16,20,26H,4,13,17-19,21H2,1-3H3,(H,32,35)/t26-/m1/s1. The maximum Gasteiger partial charge on any atom is 0.243 e. The molecule has 2 amide bonds. The van der Waals surface area contributed by atoms with E-state index in [1.165, 1.54) is 0 Å². The van der Waals surface area contributed by atoms with Crippen molar-refractivity contribution in [3.05, 3.63) is 94.5 Å². The minimum atomic E-state index is -0.650. The molecule has 0 unspecified atom stereocenters. The van der Waals surface area contributed by atoms with Crippen molar-refractivity contribution in [2.45, 2.75) is 45.2 Å². The Morgan fingerprint density at radius 3 is 2.22 bits per heavy atom. The van der Waals surface area contributed by atoms with Gasteiger partial charge in [-0.3, -0.25) is 9.59 Å². The number of rotatable bonds is 13. The molecule has 1 atom stereocenters. The quantitative estimate of drug-likeness (QED) is 0.324. The topological polar surface area (TPSA) is 67.9 Å². The van der Waals surface area contributed by atoms with Crippen LogP contribution in [0.15, 0.2) is 72.8 Å². The maximum absolute atomic E-state index is 13.7. The van der Waals surface area contributed by atoms with Gasteiger partial charge in [-0.15, -0.1) is 0 Å². The summed E-state index contributed by atoms with van der Waals surface area (Å²) in [5.74, 6) is 1.00. The highest BCUT2D eigenvalue weighted by Crippen LogP contribution is 2.28. The third-order valence-electron chi connectivity index (χ3n) is 6.16. The van der Waals surface area contributed by atoms with Crippen LogP contribution in [0.3, 0.4) is 0 Å². The second-order valence-electron chi connectivity index (χ2n) is 8.83. The first-order valence-electron chi connectivity index (χ1n) is 12.5. The van der Waals surface area contributed by atoms with Crippen molar-refractivity contribution < 1.29 is 19.1 Å². The fraction of sp³-hybridized carbons (Fsp3) is 0.333. The SMILES string of the molecule is CCCNC(=O)[C@@H](Cc1ccccc1)N(Cc1ccc(Cl)cc1)C(=O)CCc1ccc(OC)c(OC)c1. The summed E-state index contributed by atoms with van der Waals surface area (Å²) < 4.78 is 10.7. The summed E-state index contributed by atoms with van der Waals surface area (Å²) in [6.07, 6.45) is 1.99. The highest BCUT2D eigenvalue weighted by atomic mass is 35.5. The van der Waals surface area contributed by atoms with Crippen molar-refractivity contribution in [3.63, 3.8) is 0 Å². The van der Waals surface area contributed by atoms with Gasteiger partial charge in [0.1, 0.15) is 6.04 Å². The van der Waals surface area contributed by atoms with E-state index in [1.807, 2.05) is 67.6 Å². The summed E-state index contributed by atoms with van der Waals surface area (Å²) in [5, 5.41) is 3.62. The number of hydrogen-bond donors (Lipinski definition) is 1. The third-order valence-corrected chi connectivity index (χ3v) is 6.41. The zero-order valence-corrected chi connectivity index (χ0v) is 22.5. The van der Waals surface area contributed by atoms with Crippen molar-refractivity contribution in [2.75, 3.05) is 20.8 Å². The molecule has 3 aromatic carbocycles. The van der Waals surface area contributed by atoms with Crippen molar-refractivity contribution in [2.24, 2.45) is 0 Å². The first kappa shape index (κ1) is 28.1. The number of carbonyl (C=O) groups excluding carboxylic acids is 2. The predicted octanol–water partition coefficient (Wildman–Crippen LogP) is 5.46. The van der Waals surface area contributed by atoms with Gasteiger partial charge < -0.3 is 19.7 Å². The zero-order valence-electron chi connectivity index (χ0n) is 21.7. The van der Waals surface area contributed by atoms with E-state index in [1.54, 1.807) is 31.3 Å². The van der Waals surface area contributed by atoms with Crippen molar-refractivity contribution in [1.82, 2.24) is 10.2 Å². The molecule has 0 radical (unpaired) electrons. The molecule has 0 saturated carbocycles. The average Bonchev–Trinajstić information content (AvgIpc) is 2.93. The second-order valence-corrected chi connectivity index (χ2v) is 9.27. The molecule has 37 heavy (non-hydrogen) atoms. The Labute approximate surface area is 224 Å². The molecule has 0 saturated heterocycles. The second kappa shape index (κ2) is 14.3. The third kappa shape index (κ3) is 8.25. The molecular formula is C30H35ClN2O4. The average molecular weight is 523 g/mol. The molecule has 3 rings (SSSR count). The summed E-state index contributed by atoms with van der Waals surface area (Å²) in [6.45, 7) is 2.87. The van der Waals surface area contributed by atoms with Crippen LogP contribution >= 0.6 is 11.6 Å². The lowest BCUT2D eigenvalue weighted by Crippen LogP contribution is -2.50. The Morgan fingerprint density at radius 1 is 0.892 bits per heavy atom. The monoisotopic (exact) mass is 522 g/mol. The van der Waals surface area contributed by atoms with Crippen LogP contribution in [0, 0.1) is 0 Å². The van der Waals surface area contributed by atoms with Gasteiger partial charge in [-0.2, -0.15) is 0 Å². The smallest absolute Gasteiger partial charge is 0.243 e. The zero-order chi connectivity index (χ0) is 26.6. The van der Waals surface area contributed by atoms with E-state index in [-0.39, 0.29) is 18.2 Å². The summed E-state index contributed by atoms with van der Waals surface area (Å²) in [4.78, 5) is 28.8. The van der Waals surface area contributed by atoms with Gasteiger partial charge in [0.05, 0.1) is 14.2 Å². The number of amides is 2. The van der Waals surface area contributed by atoms with Crippen LogP contribution in [0.5, 0.6) is 11.5 Å². The lowest BCUT2D eigenvalue weighted by molar-refractivity contribution is -0.141. The van der Waals surface area contributed by atoms with Crippen molar-refractivity contribution >= 4 is 23.4 Å². The van der Waals surface area contributed by atoms with E-state index in [9.17, 15) is 9.59 Å². The molecule has 1 N–H and O–H groups in total. The molecule has 7 heteroatoms. The van der Waals surface area contributed by atoms with Gasteiger partial charge in [0.25, 0.3) is 0 Å². The lowest BCUT2D eigenvalue weighted by Gasteiger charge is -2.31. The molecule has 0 aliphatic rings. The van der Waals surface area contributed by atoms with Crippen LogP contribution in [-0.2, 0) is 29.0 Å². The molecule has 0 spiro atoms. The fourth-order valence-corrected chi connectivity index (χ4v) is 4.26. The highest BCUT2D eigenvalue weighted by molar-refractivity contribution is 6.30. The number of benzene rings is 3. The molecular weight excluding hydrogens is 488 g/mol. The number of nitrogens with zero attached hydrogens (tertiary/aromatic N) is 1. The molecule has 0 aliphatic carbocycles. The minimum Gasteiger partial charge on any atom is -0.493 e. The van der Waals surface area contributed by atoms with Crippen LogP contribution in [0.4, 0.5) is 0 Å². The predicted molar refractivity (Wildman–Crippen MR) is 147 cm³/mol. The number of nitrogens with one attached hydrogen (secondary N) is 1. The fourth-order valence-electron chi connectivity index (χ4n) is 4.14. The summed E-state index contributed by atoms with van der Waals surface area (Å²) >= 11 is 6.09. The molecule has 3 aromatic rings. The molecule has 0 aliphatic heterocycles. The molecule has 196 valence electrons. The van der Waals surface area contributed by atoms with E-state index in [2.05, 4.69) is 5.32 Å². The minimum absolute atomic E-state index is 0.0997. The Morgan fingerprint density at radius 2 is 1.57 bits per heavy atom. The van der Waals surface area contributed by atoms with Crippen LogP contribution in [-0.4, -0.2) is 43.5 Å². The number of ether oxygens (including phenoxy) is 2. The van der Waals surface area contributed by atoms with Crippen LogP contribution in [0.2, 0.25) is 5.02 Å². The molecule has 0 aromatic heterocycles. The van der Waals surface area contributed by atoms with Gasteiger partial charge in [-0.05, 0) is 53.8 Å². The Bertz CT molecular complexity index is 1150. The summed E-state index contributed by atoms with van der Waals surface area (Å²) in [7, 11) is 3.18. The van der Waals surface area contributed by atoms with Gasteiger partial charge in [0.15, 0.2) is 11.5 Å². The molecule has 0 heterocycles. The van der Waals surface area contributed by atoms with Crippen molar-refractivity contribution in [1.29, 1.82) is 0 Å². The van der Waals surface area contributed by atoms with Gasteiger partial charge in [-0.25, -0.2) is 0 Å². The van der Waals surface area contributed by atoms with E-state index in [0.717, 1.165) is 23.1 Å². The lowest BCUT2D eigenvalue weighted by atomic mass is 10.0. The number of carbonyl (C=O) groups is 2. The van der Waals surface area contributed by atoms with E-state index in [4.69, 9.17) is 21.1 Å². The maximum atomic E-state index is 13.7. The first-order valence-corrected chi connectivity index (χ1v) is 12.9. The first-order chi connectivity index (χ1) is 17.9. The van der Waals surface area contributed by atoms with Crippen LogP contribution < -0.4 is 14.8 Å². The summed E-state index contributed by atoms with van der Waals surface area (Å²) in [5.41, 5.74) is 2.85. The Hall–Kier alpha value is -3.51. The molecule has 0 bridgehead atoms. The van der Waals surface area contributed by atoms with Gasteiger partial charge in [0, 0.05) is 31.0 Å². The van der Waals surface area contributed by atoms with E-state index >= 15 is 0 Å². The van der Waals surface area contributed by atoms with E-state index < -0.39 is 6.04 Å². The van der Waals surface area contributed by atoms with Gasteiger partial charge in [-0.1, -0.05) is 67.1 Å². The van der Waals surface area contributed by atoms with Gasteiger partial charge >= 0.3 is 0 Å². The number of halogens is 1. The highest BCUT2D eigenvalue weighted by Gasteiger charge is 2.30. The van der Waals surface area contributed by atoms with Crippen LogP contribution in [0.25, 0.3) is 0 Å². The van der Waals surface area contributed by atoms with Gasteiger partial charge in [0.2, 0.25) is 11.8 Å². The number of aryl methyl sites for hydroxylation is 1. The van der Waals surface area contributed by atoms with Crippen LogP contribution in [0.1, 0.15) is 36.5 Å². The Kier molecular flexibility index (Phi) is 10.8. The molecule has 0 fully saturated rings. The summed E-state index contributed by atoms with van der Waals surface area (Å²) in [6, 6.07) is 22.2. The molecule has 6 nitrogen and oxygen atoms in total. The number of methoxy groups -OCH3 is 2. The largest absolute Gasteiger partial charge is 0.493 e. The van der Waals surface area contributed by atoms with Crippen molar-refractivity contribution in [3.8, 4) is 11.5 Å². The normalized spacial score (nSPS) is 11.5. The Balaban J connectivity index is 1.88. The number of hydrogen-bond acceptors (Lipinski definition) is 4. The van der Waals surface area contributed by atoms with E-state index in [0.29, 0.717) is 42.5 Å².